The monoisotopic (exact) mass is 923 g/mol. The Bertz CT molecular complexity index is 2640. The number of likely N-dealkylation sites (tertiary alicyclic amines) is 2. The van der Waals surface area contributed by atoms with E-state index in [0.29, 0.717) is 71.8 Å². The zero-order valence-corrected chi connectivity index (χ0v) is 39.9. The van der Waals surface area contributed by atoms with E-state index in [1.54, 1.807) is 58.3 Å². The first kappa shape index (κ1) is 51.9. The van der Waals surface area contributed by atoms with E-state index >= 15 is 0 Å². The number of aliphatic hydroxyl groups excluding tert-OH is 1. The van der Waals surface area contributed by atoms with Crippen LogP contribution >= 0.6 is 0 Å². The van der Waals surface area contributed by atoms with Crippen molar-refractivity contribution in [2.75, 3.05) is 48.3 Å². The van der Waals surface area contributed by atoms with Gasteiger partial charge in [-0.1, -0.05) is 61.7 Å². The molecule has 18 heteroatoms. The number of nitrogens with one attached hydrogen (secondary N) is 2. The Morgan fingerprint density at radius 2 is 1.10 bits per heavy atom. The van der Waals surface area contributed by atoms with Crippen LogP contribution in [0.15, 0.2) is 147 Å². The molecule has 2 aromatic heterocycles. The van der Waals surface area contributed by atoms with Crippen molar-refractivity contribution in [3.05, 3.63) is 169 Å². The molecule has 6 aromatic rings. The second-order valence-electron chi connectivity index (χ2n) is 15.6. The number of carbonyl (C=O) groups excluding carboxylic acids is 3. The van der Waals surface area contributed by atoms with Gasteiger partial charge >= 0.3 is 29.6 Å². The van der Waals surface area contributed by atoms with Gasteiger partial charge < -0.3 is 47.9 Å². The fourth-order valence-corrected chi connectivity index (χ4v) is 7.71. The van der Waals surface area contributed by atoms with Gasteiger partial charge in [0.05, 0.1) is 5.56 Å². The minimum Gasteiger partial charge on any atom is -1.00 e. The third-order valence-corrected chi connectivity index (χ3v) is 11.1. The molecule has 2 fully saturated rings. The minimum absolute atomic E-state index is 0. The van der Waals surface area contributed by atoms with Gasteiger partial charge in [0.1, 0.15) is 70.6 Å². The number of ketones is 1. The van der Waals surface area contributed by atoms with E-state index in [1.807, 2.05) is 60.7 Å². The van der Waals surface area contributed by atoms with Crippen molar-refractivity contribution in [2.45, 2.75) is 43.9 Å². The second kappa shape index (κ2) is 25.2. The molecule has 3 atom stereocenters. The zero-order valence-electron chi connectivity index (χ0n) is 38.9. The van der Waals surface area contributed by atoms with E-state index in [4.69, 9.17) is 20.9 Å². The molecule has 4 aromatic carbocycles. The van der Waals surface area contributed by atoms with Gasteiger partial charge in [-0.2, -0.15) is 0 Å². The third kappa shape index (κ3) is 13.5. The molecule has 4 heterocycles. The number of ether oxygens (including phenoxy) is 2. The molecule has 0 saturated carbocycles. The molecule has 3 radical (unpaired) electrons. The smallest absolute Gasteiger partial charge is 1.00 e. The van der Waals surface area contributed by atoms with Crippen LogP contribution in [0, 0.1) is 0 Å². The number of nitrogens with two attached hydrogens (primary N) is 2. The molecular weight excluding hydrogens is 870 g/mol. The maximum Gasteiger partial charge on any atom is 1.00 e. The number of hydrogen-bond donors (Lipinski definition) is 5. The molecule has 343 valence electrons. The number of aromatic nitrogens is 4. The van der Waals surface area contributed by atoms with Crippen molar-refractivity contribution in [3.63, 3.8) is 0 Å². The van der Waals surface area contributed by atoms with Crippen LogP contribution in [0.25, 0.3) is 0 Å². The Morgan fingerprint density at radius 3 is 1.60 bits per heavy atom. The van der Waals surface area contributed by atoms with Crippen molar-refractivity contribution in [1.82, 2.24) is 29.7 Å². The van der Waals surface area contributed by atoms with Gasteiger partial charge in [-0.3, -0.25) is 14.4 Å². The SMILES string of the molecule is C=CC(=O)N1CCC[C@@H](Nc2ncnc(N)c2C(=O)c2ccc(Oc3ccccc3)cc2)C1.C=CC(=O)N1CCC[C@@H](Nc2ncnc(N)c2C(O)c2ccc(Oc3ccccc3)cc2)C1.[B].[H-].[Na+]. The Labute approximate surface area is 421 Å². The first-order chi connectivity index (χ1) is 32.1. The van der Waals surface area contributed by atoms with Crippen LogP contribution in [-0.2, 0) is 9.59 Å². The molecule has 2 aliphatic heterocycles. The summed E-state index contributed by atoms with van der Waals surface area (Å²) >= 11 is 0. The normalized spacial score (nSPS) is 15.6. The Kier molecular flexibility index (Phi) is 19.2. The van der Waals surface area contributed by atoms with Crippen molar-refractivity contribution in [2.24, 2.45) is 0 Å². The van der Waals surface area contributed by atoms with E-state index in [9.17, 15) is 19.5 Å². The van der Waals surface area contributed by atoms with Gasteiger partial charge in [-0.25, -0.2) is 19.9 Å². The summed E-state index contributed by atoms with van der Waals surface area (Å²) in [6.07, 6.45) is 7.68. The average molecular weight is 924 g/mol. The molecule has 2 amide bonds. The van der Waals surface area contributed by atoms with Crippen molar-refractivity contribution in [3.8, 4) is 23.0 Å². The summed E-state index contributed by atoms with van der Waals surface area (Å²) in [5, 5.41) is 17.8. The van der Waals surface area contributed by atoms with Gasteiger partial charge in [-0.05, 0) is 104 Å². The van der Waals surface area contributed by atoms with E-state index in [2.05, 4.69) is 43.7 Å². The molecule has 1 unspecified atom stereocenters. The number of carbonyl (C=O) groups is 3. The van der Waals surface area contributed by atoms with E-state index in [1.165, 1.54) is 24.8 Å². The maximum atomic E-state index is 13.3. The first-order valence-corrected chi connectivity index (χ1v) is 21.5. The molecule has 2 saturated heterocycles. The standard InChI is InChI=1S/C25H27N5O3.C25H25N5O3.B.Na.H/c2*1-2-21(31)30-14-6-7-18(15-30)29-25-22(24(26)27-16-28-25)23(32)17-10-12-20(13-11-17)33-19-8-4-3-5-9-19;;;/h2-5,8-13,16,18,23,32H,1,6-7,14-15H2,(H3,26,27,28,29);2-5,8-13,16,18H,1,6-7,14-15H2,(H3,26,27,28,29);;;/q;;;+1;-1/t18-,23?;18-;;;/m11.../s1. The summed E-state index contributed by atoms with van der Waals surface area (Å²) < 4.78 is 11.6. The van der Waals surface area contributed by atoms with Crippen molar-refractivity contribution < 1.29 is 59.9 Å². The molecule has 0 bridgehead atoms. The van der Waals surface area contributed by atoms with Crippen LogP contribution in [0.5, 0.6) is 23.0 Å². The van der Waals surface area contributed by atoms with Gasteiger partial charge in [0.2, 0.25) is 11.8 Å². The molecule has 0 spiro atoms. The summed E-state index contributed by atoms with van der Waals surface area (Å²) in [6, 6.07) is 32.7. The number of rotatable bonds is 14. The molecular formula is C50H53BN10NaO6. The topological polar surface area (TPSA) is 224 Å². The number of anilines is 4. The van der Waals surface area contributed by atoms with Crippen LogP contribution < -0.4 is 61.1 Å². The largest absolute Gasteiger partial charge is 1.00 e. The van der Waals surface area contributed by atoms with Gasteiger partial charge in [0.15, 0.2) is 5.78 Å². The number of nitrogen functional groups attached to an aromatic ring is 2. The summed E-state index contributed by atoms with van der Waals surface area (Å²) in [5.74, 6) is 3.31. The Morgan fingerprint density at radius 1 is 0.662 bits per heavy atom. The molecule has 0 aliphatic carbocycles. The summed E-state index contributed by atoms with van der Waals surface area (Å²) in [4.78, 5) is 57.5. The summed E-state index contributed by atoms with van der Waals surface area (Å²) in [5.41, 5.74) is 13.9. The maximum absolute atomic E-state index is 13.3. The summed E-state index contributed by atoms with van der Waals surface area (Å²) in [6.45, 7) is 9.51. The number of aliphatic hydroxyl groups is 1. The number of nitrogens with zero attached hydrogens (tertiary/aromatic N) is 6. The zero-order chi connectivity index (χ0) is 46.4. The molecule has 8 rings (SSSR count). The van der Waals surface area contributed by atoms with Gasteiger partial charge in [-0.15, -0.1) is 0 Å². The van der Waals surface area contributed by atoms with E-state index in [-0.39, 0.29) is 86.3 Å². The third-order valence-electron chi connectivity index (χ3n) is 11.1. The fourth-order valence-electron chi connectivity index (χ4n) is 7.71. The number of hydrogen-bond acceptors (Lipinski definition) is 14. The van der Waals surface area contributed by atoms with E-state index in [0.717, 1.165) is 31.4 Å². The number of para-hydroxylation sites is 2. The van der Waals surface area contributed by atoms with Crippen LogP contribution in [0.3, 0.4) is 0 Å². The van der Waals surface area contributed by atoms with Gasteiger partial charge in [0.25, 0.3) is 0 Å². The van der Waals surface area contributed by atoms with Crippen LogP contribution in [0.2, 0.25) is 0 Å². The fraction of sp³-hybridized carbons (Fsp3) is 0.220. The molecule has 16 nitrogen and oxygen atoms in total. The molecule has 7 N–H and O–H groups in total. The average Bonchev–Trinajstić information content (AvgIpc) is 3.35. The number of amides is 2. The van der Waals surface area contributed by atoms with Crippen LogP contribution in [0.4, 0.5) is 23.3 Å². The predicted molar refractivity (Wildman–Crippen MR) is 260 cm³/mol. The quantitative estimate of drug-likeness (QED) is 0.0594. The van der Waals surface area contributed by atoms with Crippen molar-refractivity contribution in [1.29, 1.82) is 0 Å². The number of benzene rings is 4. The second-order valence-corrected chi connectivity index (χ2v) is 15.6. The predicted octanol–water partition coefficient (Wildman–Crippen LogP) is 3.93. The van der Waals surface area contributed by atoms with Crippen molar-refractivity contribution >= 4 is 49.3 Å². The van der Waals surface area contributed by atoms with Crippen LogP contribution in [0.1, 0.15) is 60.3 Å². The minimum atomic E-state index is -1.03. The molecule has 2 aliphatic rings. The molecule has 68 heavy (non-hydrogen) atoms. The van der Waals surface area contributed by atoms with Gasteiger partial charge in [0, 0.05) is 52.2 Å². The van der Waals surface area contributed by atoms with Crippen LogP contribution in [-0.4, -0.2) is 99.1 Å². The van der Waals surface area contributed by atoms with E-state index < -0.39 is 6.10 Å². The summed E-state index contributed by atoms with van der Waals surface area (Å²) in [7, 11) is 0. The number of piperidine rings is 2. The Hall–Kier alpha value is -7.05. The first-order valence-electron chi connectivity index (χ1n) is 21.5. The Balaban J connectivity index is 0.000000288.